The van der Waals surface area contributed by atoms with Gasteiger partial charge in [-0.1, -0.05) is 18.2 Å². The maximum atomic E-state index is 13.5. The zero-order valence-corrected chi connectivity index (χ0v) is 17.3. The van der Waals surface area contributed by atoms with Crippen LogP contribution in [0.2, 0.25) is 0 Å². The Kier molecular flexibility index (Phi) is 5.03. The fourth-order valence-corrected chi connectivity index (χ4v) is 4.57. The van der Waals surface area contributed by atoms with Crippen molar-refractivity contribution in [3.05, 3.63) is 65.0 Å². The smallest absolute Gasteiger partial charge is 0.389 e. The van der Waals surface area contributed by atoms with Gasteiger partial charge in [0.05, 0.1) is 18.2 Å². The number of hydrogen-bond donors (Lipinski definition) is 1. The minimum atomic E-state index is -4.73. The Hall–Kier alpha value is -2.96. The van der Waals surface area contributed by atoms with Crippen LogP contribution in [-0.2, 0) is 11.0 Å². The van der Waals surface area contributed by atoms with Gasteiger partial charge in [-0.3, -0.25) is 9.69 Å². The van der Waals surface area contributed by atoms with Gasteiger partial charge in [-0.15, -0.1) is 0 Å². The van der Waals surface area contributed by atoms with E-state index in [-0.39, 0.29) is 16.7 Å². The normalized spacial score (nSPS) is 18.8. The van der Waals surface area contributed by atoms with Gasteiger partial charge >= 0.3 is 6.18 Å². The minimum Gasteiger partial charge on any atom is -0.389 e. The first-order chi connectivity index (χ1) is 14.6. The molecular weight excluding hydrogens is 427 g/mol. The quantitative estimate of drug-likeness (QED) is 0.510. The number of alkyl halides is 3. The number of carbonyl (C=O) groups is 1. The Morgan fingerprint density at radius 3 is 2.26 bits per heavy atom. The molecule has 1 aliphatic heterocycles. The lowest BCUT2D eigenvalue weighted by atomic mass is 9.75. The minimum absolute atomic E-state index is 0.0101. The number of hydrogen-bond acceptors (Lipinski definition) is 3. The monoisotopic (exact) mass is 445 g/mol. The molecule has 1 unspecified atom stereocenters. The molecule has 0 aromatic heterocycles. The summed E-state index contributed by atoms with van der Waals surface area (Å²) in [6.45, 7) is 8.65. The molecule has 1 saturated heterocycles. The van der Waals surface area contributed by atoms with Gasteiger partial charge in [0.1, 0.15) is 5.54 Å². The number of aliphatic hydroxyl groups is 1. The number of halogens is 3. The third-order valence-electron chi connectivity index (χ3n) is 5.89. The van der Waals surface area contributed by atoms with Gasteiger partial charge in [0.2, 0.25) is 0 Å². The SMILES string of the molecule is [C-]#[N+]c1ccc(N2C(=O)C3(CCC3)N(c3ccc(C(C)O)cc3)C2=S)cc1C(F)(F)F. The van der Waals surface area contributed by atoms with Crippen molar-refractivity contribution in [3.8, 4) is 0 Å². The largest absolute Gasteiger partial charge is 0.407 e. The molecule has 5 nitrogen and oxygen atoms in total. The van der Waals surface area contributed by atoms with Crippen LogP contribution in [0.15, 0.2) is 42.5 Å². The van der Waals surface area contributed by atoms with Crippen LogP contribution in [0.3, 0.4) is 0 Å². The molecule has 2 aromatic rings. The van der Waals surface area contributed by atoms with Crippen molar-refractivity contribution < 1.29 is 23.1 Å². The van der Waals surface area contributed by atoms with Crippen LogP contribution in [0.25, 0.3) is 4.85 Å². The van der Waals surface area contributed by atoms with E-state index < -0.39 is 29.1 Å². The second-order valence-electron chi connectivity index (χ2n) is 7.72. The van der Waals surface area contributed by atoms with E-state index in [1.165, 1.54) is 6.07 Å². The van der Waals surface area contributed by atoms with Crippen LogP contribution in [-0.4, -0.2) is 21.7 Å². The zero-order chi connectivity index (χ0) is 22.6. The average Bonchev–Trinajstić information content (AvgIpc) is 2.93. The molecule has 1 N–H and O–H groups in total. The predicted octanol–water partition coefficient (Wildman–Crippen LogP) is 5.37. The molecule has 1 spiro atoms. The molecule has 2 aromatic carbocycles. The van der Waals surface area contributed by atoms with Gasteiger partial charge in [-0.2, -0.15) is 13.2 Å². The molecule has 2 aliphatic rings. The first-order valence-corrected chi connectivity index (χ1v) is 10.1. The number of amides is 1. The van der Waals surface area contributed by atoms with Gasteiger partial charge < -0.3 is 10.0 Å². The third kappa shape index (κ3) is 3.27. The van der Waals surface area contributed by atoms with Crippen LogP contribution < -0.4 is 9.80 Å². The van der Waals surface area contributed by atoms with E-state index in [0.29, 0.717) is 24.1 Å². The maximum absolute atomic E-state index is 13.5. The predicted molar refractivity (Wildman–Crippen MR) is 114 cm³/mol. The molecule has 0 bridgehead atoms. The molecule has 31 heavy (non-hydrogen) atoms. The van der Waals surface area contributed by atoms with Gasteiger partial charge in [0, 0.05) is 11.4 Å². The fraction of sp³-hybridized carbons (Fsp3) is 0.318. The molecule has 4 rings (SSSR count). The van der Waals surface area contributed by atoms with Gasteiger partial charge in [0.25, 0.3) is 5.91 Å². The van der Waals surface area contributed by atoms with E-state index in [9.17, 15) is 23.1 Å². The molecule has 1 saturated carbocycles. The van der Waals surface area contributed by atoms with E-state index >= 15 is 0 Å². The summed E-state index contributed by atoms with van der Waals surface area (Å²) < 4.78 is 40.4. The van der Waals surface area contributed by atoms with Crippen molar-refractivity contribution in [3.63, 3.8) is 0 Å². The van der Waals surface area contributed by atoms with Crippen molar-refractivity contribution >= 4 is 40.3 Å². The highest BCUT2D eigenvalue weighted by molar-refractivity contribution is 7.81. The van der Waals surface area contributed by atoms with E-state index in [2.05, 4.69) is 4.85 Å². The van der Waals surface area contributed by atoms with E-state index in [1.54, 1.807) is 36.1 Å². The summed E-state index contributed by atoms with van der Waals surface area (Å²) in [5.41, 5.74) is -1.23. The fourth-order valence-electron chi connectivity index (χ4n) is 4.10. The first kappa shape index (κ1) is 21.3. The zero-order valence-electron chi connectivity index (χ0n) is 16.5. The summed E-state index contributed by atoms with van der Waals surface area (Å²) in [5, 5.41) is 9.84. The van der Waals surface area contributed by atoms with Crippen LogP contribution in [0.5, 0.6) is 0 Å². The van der Waals surface area contributed by atoms with Crippen molar-refractivity contribution in [1.82, 2.24) is 0 Å². The number of aliphatic hydroxyl groups excluding tert-OH is 1. The summed E-state index contributed by atoms with van der Waals surface area (Å²) in [6.07, 6.45) is -3.52. The van der Waals surface area contributed by atoms with E-state index in [0.717, 1.165) is 23.5 Å². The topological polar surface area (TPSA) is 48.1 Å². The van der Waals surface area contributed by atoms with Crippen LogP contribution in [0.4, 0.5) is 30.2 Å². The Balaban J connectivity index is 1.79. The number of carbonyl (C=O) groups excluding carboxylic acids is 1. The number of benzene rings is 2. The van der Waals surface area contributed by atoms with Gasteiger partial charge in [-0.05, 0) is 68.2 Å². The Labute approximate surface area is 182 Å². The molecule has 1 heterocycles. The number of rotatable bonds is 3. The van der Waals surface area contributed by atoms with Crippen molar-refractivity contribution in [2.45, 2.75) is 44.0 Å². The molecule has 2 fully saturated rings. The third-order valence-corrected chi connectivity index (χ3v) is 6.26. The number of thiocarbonyl (C=S) groups is 1. The summed E-state index contributed by atoms with van der Waals surface area (Å²) in [5.74, 6) is -0.368. The molecule has 1 amide bonds. The molecule has 1 atom stereocenters. The second-order valence-corrected chi connectivity index (χ2v) is 8.09. The van der Waals surface area contributed by atoms with Crippen LogP contribution >= 0.6 is 12.2 Å². The van der Waals surface area contributed by atoms with E-state index in [4.69, 9.17) is 18.8 Å². The first-order valence-electron chi connectivity index (χ1n) is 9.65. The second kappa shape index (κ2) is 7.32. The molecular formula is C22H18F3N3O2S. The Morgan fingerprint density at radius 1 is 1.16 bits per heavy atom. The maximum Gasteiger partial charge on any atom is 0.407 e. The van der Waals surface area contributed by atoms with Crippen molar-refractivity contribution in [2.24, 2.45) is 0 Å². The molecule has 9 heteroatoms. The summed E-state index contributed by atoms with van der Waals surface area (Å²) in [6, 6.07) is 10.1. The highest BCUT2D eigenvalue weighted by Gasteiger charge is 2.59. The van der Waals surface area contributed by atoms with Gasteiger partial charge in [-0.25, -0.2) is 4.85 Å². The Morgan fingerprint density at radius 2 is 1.77 bits per heavy atom. The lowest BCUT2D eigenvalue weighted by Crippen LogP contribution is -2.55. The summed E-state index contributed by atoms with van der Waals surface area (Å²) in [7, 11) is 0. The summed E-state index contributed by atoms with van der Waals surface area (Å²) >= 11 is 5.57. The van der Waals surface area contributed by atoms with Crippen molar-refractivity contribution in [1.29, 1.82) is 0 Å². The van der Waals surface area contributed by atoms with Crippen molar-refractivity contribution in [2.75, 3.05) is 9.80 Å². The molecule has 1 aliphatic carbocycles. The highest BCUT2D eigenvalue weighted by atomic mass is 32.1. The average molecular weight is 445 g/mol. The summed E-state index contributed by atoms with van der Waals surface area (Å²) in [4.78, 5) is 19.2. The lowest BCUT2D eigenvalue weighted by molar-refractivity contribution is -0.136. The standard InChI is InChI=1S/C22H18F3N3O2S/c1-13(29)14-4-6-15(7-5-14)28-20(31)27(19(30)21(28)10-3-11-21)16-8-9-18(26-2)17(12-16)22(23,24)25/h4-9,12-13,29H,3,10-11H2,1H3. The molecule has 0 radical (unpaired) electrons. The van der Waals surface area contributed by atoms with Crippen LogP contribution in [0.1, 0.15) is 43.4 Å². The Bertz CT molecular complexity index is 1100. The number of anilines is 2. The highest BCUT2D eigenvalue weighted by Crippen LogP contribution is 2.48. The lowest BCUT2D eigenvalue weighted by Gasteiger charge is -2.43. The van der Waals surface area contributed by atoms with E-state index in [1.807, 2.05) is 0 Å². The van der Waals surface area contributed by atoms with Gasteiger partial charge in [0.15, 0.2) is 10.8 Å². The van der Waals surface area contributed by atoms with Crippen LogP contribution in [0, 0.1) is 6.57 Å². The molecule has 160 valence electrons. The number of nitrogens with zero attached hydrogens (tertiary/aromatic N) is 3.